The largest absolute Gasteiger partial charge is 0.493 e. The van der Waals surface area contributed by atoms with E-state index in [0.29, 0.717) is 37.5 Å². The third kappa shape index (κ3) is 3.25. The summed E-state index contributed by atoms with van der Waals surface area (Å²) in [5.41, 5.74) is 1.09. The zero-order valence-electron chi connectivity index (χ0n) is 15.9. The zero-order valence-corrected chi connectivity index (χ0v) is 15.9. The normalized spacial score (nSPS) is 25.5. The molecule has 1 aromatic carbocycles. The molecule has 7 nitrogen and oxygen atoms in total. The lowest BCUT2D eigenvalue weighted by atomic mass is 9.86. The van der Waals surface area contributed by atoms with Crippen molar-refractivity contribution in [2.24, 2.45) is 11.8 Å². The van der Waals surface area contributed by atoms with Gasteiger partial charge in [-0.15, -0.1) is 0 Å². The van der Waals surface area contributed by atoms with Gasteiger partial charge in [-0.25, -0.2) is 9.78 Å². The third-order valence-electron chi connectivity index (χ3n) is 5.81. The standard InChI is InChI=1S/C21H24N4O3/c1-13-22-9-8-19(23-13)28-11-14-10-25(21(26)24-15-6-7-15)20-16-4-2-3-5-18(16)27-12-17(14)20/h2-5,8-9,14-15,17,20H,6-7,10-12H2,1H3,(H,24,26)/t14-,17-,20-/m0/s1. The number of rotatable bonds is 4. The first-order valence-corrected chi connectivity index (χ1v) is 9.90. The van der Waals surface area contributed by atoms with Gasteiger partial charge in [-0.2, -0.15) is 4.98 Å². The number of hydrogen-bond donors (Lipinski definition) is 1. The lowest BCUT2D eigenvalue weighted by molar-refractivity contribution is 0.126. The molecule has 7 heteroatoms. The number of benzene rings is 1. The van der Waals surface area contributed by atoms with Crippen molar-refractivity contribution in [3.63, 3.8) is 0 Å². The topological polar surface area (TPSA) is 76.6 Å². The molecule has 3 heterocycles. The molecular formula is C21H24N4O3. The number of carbonyl (C=O) groups is 1. The molecule has 1 aliphatic carbocycles. The van der Waals surface area contributed by atoms with Gasteiger partial charge in [0, 0.05) is 42.2 Å². The number of para-hydroxylation sites is 1. The summed E-state index contributed by atoms with van der Waals surface area (Å²) < 4.78 is 12.0. The van der Waals surface area contributed by atoms with E-state index >= 15 is 0 Å². The summed E-state index contributed by atoms with van der Waals surface area (Å²) in [5, 5.41) is 3.15. The van der Waals surface area contributed by atoms with Crippen LogP contribution in [0.2, 0.25) is 0 Å². The Morgan fingerprint density at radius 2 is 2.18 bits per heavy atom. The van der Waals surface area contributed by atoms with E-state index in [1.807, 2.05) is 30.0 Å². The number of likely N-dealkylation sites (tertiary alicyclic amines) is 1. The highest BCUT2D eigenvalue weighted by Gasteiger charge is 2.48. The predicted molar refractivity (Wildman–Crippen MR) is 102 cm³/mol. The highest BCUT2D eigenvalue weighted by molar-refractivity contribution is 5.76. The molecule has 0 unspecified atom stereocenters. The van der Waals surface area contributed by atoms with Crippen molar-refractivity contribution in [3.05, 3.63) is 47.9 Å². The van der Waals surface area contributed by atoms with Crippen LogP contribution < -0.4 is 14.8 Å². The second-order valence-electron chi connectivity index (χ2n) is 7.85. The van der Waals surface area contributed by atoms with Crippen molar-refractivity contribution >= 4 is 6.03 Å². The van der Waals surface area contributed by atoms with Crippen molar-refractivity contribution < 1.29 is 14.3 Å². The molecule has 1 N–H and O–H groups in total. The average molecular weight is 380 g/mol. The summed E-state index contributed by atoms with van der Waals surface area (Å²) in [6, 6.07) is 10.2. The van der Waals surface area contributed by atoms with E-state index in [0.717, 1.165) is 24.2 Å². The summed E-state index contributed by atoms with van der Waals surface area (Å²) in [6.07, 6.45) is 3.85. The molecule has 1 saturated carbocycles. The Kier molecular flexibility index (Phi) is 4.30. The molecule has 2 fully saturated rings. The van der Waals surface area contributed by atoms with E-state index in [2.05, 4.69) is 21.4 Å². The molecule has 1 aromatic heterocycles. The molecule has 2 aromatic rings. The maximum Gasteiger partial charge on any atom is 0.318 e. The molecule has 0 radical (unpaired) electrons. The molecule has 2 amide bonds. The lowest BCUT2D eigenvalue weighted by Gasteiger charge is -2.34. The number of aromatic nitrogens is 2. The molecular weight excluding hydrogens is 356 g/mol. The Balaban J connectivity index is 1.38. The number of urea groups is 1. The number of fused-ring (bicyclic) bond motifs is 3. The molecule has 3 atom stereocenters. The maximum atomic E-state index is 12.9. The molecule has 2 aliphatic heterocycles. The molecule has 0 bridgehead atoms. The van der Waals surface area contributed by atoms with E-state index < -0.39 is 0 Å². The Hall–Kier alpha value is -2.83. The van der Waals surface area contributed by atoms with Crippen LogP contribution in [0.4, 0.5) is 4.79 Å². The van der Waals surface area contributed by atoms with Crippen LogP contribution in [0, 0.1) is 18.8 Å². The number of ether oxygens (including phenoxy) is 2. The Labute approximate surface area is 164 Å². The van der Waals surface area contributed by atoms with E-state index in [1.165, 1.54) is 0 Å². The van der Waals surface area contributed by atoms with Gasteiger partial charge in [-0.1, -0.05) is 18.2 Å². The second-order valence-corrected chi connectivity index (χ2v) is 7.85. The van der Waals surface area contributed by atoms with Crippen molar-refractivity contribution in [2.75, 3.05) is 19.8 Å². The van der Waals surface area contributed by atoms with Crippen LogP contribution in [-0.4, -0.2) is 46.7 Å². The van der Waals surface area contributed by atoms with Crippen LogP contribution in [-0.2, 0) is 0 Å². The highest BCUT2D eigenvalue weighted by Crippen LogP contribution is 2.47. The summed E-state index contributed by atoms with van der Waals surface area (Å²) in [4.78, 5) is 23.3. The molecule has 0 spiro atoms. The number of aryl methyl sites for hydroxylation is 1. The number of hydrogen-bond acceptors (Lipinski definition) is 5. The number of carbonyl (C=O) groups excluding carboxylic acids is 1. The van der Waals surface area contributed by atoms with Crippen molar-refractivity contribution in [3.8, 4) is 11.6 Å². The maximum absolute atomic E-state index is 12.9. The van der Waals surface area contributed by atoms with Crippen LogP contribution in [0.1, 0.15) is 30.3 Å². The first kappa shape index (κ1) is 17.3. The van der Waals surface area contributed by atoms with E-state index in [-0.39, 0.29) is 23.9 Å². The lowest BCUT2D eigenvalue weighted by Crippen LogP contribution is -2.42. The zero-order chi connectivity index (χ0) is 19.1. The Bertz CT molecular complexity index is 885. The van der Waals surface area contributed by atoms with Crippen LogP contribution in [0.25, 0.3) is 0 Å². The fraction of sp³-hybridized carbons (Fsp3) is 0.476. The predicted octanol–water partition coefficient (Wildman–Crippen LogP) is 2.72. The Morgan fingerprint density at radius 3 is 3.00 bits per heavy atom. The smallest absolute Gasteiger partial charge is 0.318 e. The Morgan fingerprint density at radius 1 is 1.32 bits per heavy atom. The minimum Gasteiger partial charge on any atom is -0.493 e. The van der Waals surface area contributed by atoms with E-state index in [4.69, 9.17) is 9.47 Å². The SMILES string of the molecule is Cc1nccc(OC[C@@H]2CN(C(=O)NC3CC3)[C@H]3c4ccccc4OC[C@@H]23)n1. The molecule has 28 heavy (non-hydrogen) atoms. The molecule has 1 saturated heterocycles. The van der Waals surface area contributed by atoms with Crippen molar-refractivity contribution in [1.82, 2.24) is 20.2 Å². The van der Waals surface area contributed by atoms with Gasteiger partial charge in [0.15, 0.2) is 0 Å². The highest BCUT2D eigenvalue weighted by atomic mass is 16.5. The first-order chi connectivity index (χ1) is 13.7. The minimum atomic E-state index is 0.0180. The molecule has 146 valence electrons. The van der Waals surface area contributed by atoms with Gasteiger partial charge in [0.1, 0.15) is 11.6 Å². The fourth-order valence-corrected chi connectivity index (χ4v) is 4.24. The van der Waals surface area contributed by atoms with Crippen LogP contribution in [0.3, 0.4) is 0 Å². The summed E-state index contributed by atoms with van der Waals surface area (Å²) in [6.45, 7) is 3.58. The van der Waals surface area contributed by atoms with Crippen molar-refractivity contribution in [1.29, 1.82) is 0 Å². The molecule has 3 aliphatic rings. The summed E-state index contributed by atoms with van der Waals surface area (Å²) >= 11 is 0. The monoisotopic (exact) mass is 380 g/mol. The second kappa shape index (κ2) is 6.96. The van der Waals surface area contributed by atoms with Gasteiger partial charge in [-0.3, -0.25) is 0 Å². The van der Waals surface area contributed by atoms with Gasteiger partial charge in [0.05, 0.1) is 19.3 Å². The average Bonchev–Trinajstić information content (AvgIpc) is 3.44. The van der Waals surface area contributed by atoms with Crippen LogP contribution >= 0.6 is 0 Å². The van der Waals surface area contributed by atoms with Crippen LogP contribution in [0.5, 0.6) is 11.6 Å². The van der Waals surface area contributed by atoms with Gasteiger partial charge in [-0.05, 0) is 25.8 Å². The number of amides is 2. The number of nitrogens with zero attached hydrogens (tertiary/aromatic N) is 3. The van der Waals surface area contributed by atoms with Gasteiger partial charge in [0.25, 0.3) is 0 Å². The van der Waals surface area contributed by atoms with Crippen LogP contribution in [0.15, 0.2) is 36.5 Å². The first-order valence-electron chi connectivity index (χ1n) is 9.90. The summed E-state index contributed by atoms with van der Waals surface area (Å²) in [7, 11) is 0. The minimum absolute atomic E-state index is 0.0180. The fourth-order valence-electron chi connectivity index (χ4n) is 4.24. The van der Waals surface area contributed by atoms with E-state index in [9.17, 15) is 4.79 Å². The summed E-state index contributed by atoms with van der Waals surface area (Å²) in [5.74, 6) is 2.51. The van der Waals surface area contributed by atoms with Gasteiger partial charge >= 0.3 is 6.03 Å². The van der Waals surface area contributed by atoms with E-state index in [1.54, 1.807) is 12.3 Å². The van der Waals surface area contributed by atoms with Gasteiger partial charge < -0.3 is 19.7 Å². The molecule has 5 rings (SSSR count). The third-order valence-corrected chi connectivity index (χ3v) is 5.81. The van der Waals surface area contributed by atoms with Crippen molar-refractivity contribution in [2.45, 2.75) is 31.8 Å². The van der Waals surface area contributed by atoms with Gasteiger partial charge in [0.2, 0.25) is 5.88 Å². The number of nitrogens with one attached hydrogen (secondary N) is 1. The quantitative estimate of drug-likeness (QED) is 0.883.